The van der Waals surface area contributed by atoms with Crippen LogP contribution in [0.25, 0.3) is 5.57 Å². The molecular formula is C19H17Cl3N2O. The molecule has 0 spiro atoms. The van der Waals surface area contributed by atoms with E-state index in [9.17, 15) is 0 Å². The molecule has 2 aromatic carbocycles. The Labute approximate surface area is 163 Å². The predicted molar refractivity (Wildman–Crippen MR) is 106 cm³/mol. The van der Waals surface area contributed by atoms with Crippen molar-refractivity contribution >= 4 is 41.2 Å². The monoisotopic (exact) mass is 394 g/mol. The van der Waals surface area contributed by atoms with Crippen LogP contribution in [0.4, 0.5) is 0 Å². The molecule has 0 saturated heterocycles. The van der Waals surface area contributed by atoms with Gasteiger partial charge >= 0.3 is 0 Å². The Bertz CT molecular complexity index is 848. The van der Waals surface area contributed by atoms with Gasteiger partial charge in [-0.05, 0) is 23.8 Å². The third kappa shape index (κ3) is 5.02. The second-order valence-corrected chi connectivity index (χ2v) is 6.20. The normalized spacial score (nSPS) is 10.2. The number of ether oxygens (including phenoxy) is 1. The number of rotatable bonds is 6. The molecule has 0 radical (unpaired) electrons. The number of benzene rings is 2. The van der Waals surface area contributed by atoms with Crippen LogP contribution in [0.15, 0.2) is 67.8 Å². The van der Waals surface area contributed by atoms with Crippen LogP contribution in [-0.4, -0.2) is 9.55 Å². The van der Waals surface area contributed by atoms with Crippen LogP contribution in [0.3, 0.4) is 0 Å². The standard InChI is InChI=1S/C19H16Cl2N2O.ClH/c1-14(11-23-9-8-22-13-23)17-4-2-3-5-19(17)24-12-15-6-7-16(20)10-18(15)21;/h2-10,13H,1,11-12H2;1H. The minimum atomic E-state index is 0. The van der Waals surface area contributed by atoms with Crippen LogP contribution in [0.1, 0.15) is 11.1 Å². The lowest BCUT2D eigenvalue weighted by atomic mass is 10.1. The van der Waals surface area contributed by atoms with Gasteiger partial charge in [0.2, 0.25) is 0 Å². The van der Waals surface area contributed by atoms with E-state index in [0.717, 1.165) is 22.4 Å². The molecule has 1 aromatic heterocycles. The summed E-state index contributed by atoms with van der Waals surface area (Å²) >= 11 is 12.1. The maximum atomic E-state index is 6.20. The van der Waals surface area contributed by atoms with Crippen molar-refractivity contribution < 1.29 is 4.74 Å². The number of halogens is 3. The molecule has 0 amide bonds. The Balaban J connectivity index is 0.00000225. The zero-order valence-corrected chi connectivity index (χ0v) is 15.7. The fraction of sp³-hybridized carbons (Fsp3) is 0.105. The predicted octanol–water partition coefficient (Wildman–Crippen LogP) is 5.90. The van der Waals surface area contributed by atoms with Crippen LogP contribution in [0.2, 0.25) is 10.0 Å². The fourth-order valence-electron chi connectivity index (χ4n) is 2.36. The summed E-state index contributed by atoms with van der Waals surface area (Å²) in [7, 11) is 0. The second-order valence-electron chi connectivity index (χ2n) is 5.36. The van der Waals surface area contributed by atoms with Crippen LogP contribution in [0, 0.1) is 0 Å². The number of hydrogen-bond donors (Lipinski definition) is 0. The van der Waals surface area contributed by atoms with Crippen molar-refractivity contribution in [3.8, 4) is 5.75 Å². The molecule has 0 N–H and O–H groups in total. The molecule has 25 heavy (non-hydrogen) atoms. The van der Waals surface area contributed by atoms with Crippen LogP contribution in [0.5, 0.6) is 5.75 Å². The summed E-state index contributed by atoms with van der Waals surface area (Å²) in [4.78, 5) is 4.05. The topological polar surface area (TPSA) is 27.1 Å². The molecule has 130 valence electrons. The van der Waals surface area contributed by atoms with Gasteiger partial charge in [-0.2, -0.15) is 0 Å². The van der Waals surface area contributed by atoms with Crippen molar-refractivity contribution in [3.05, 3.63) is 88.9 Å². The van der Waals surface area contributed by atoms with Gasteiger partial charge in [-0.3, -0.25) is 0 Å². The molecule has 0 saturated carbocycles. The van der Waals surface area contributed by atoms with Crippen molar-refractivity contribution in [1.29, 1.82) is 0 Å². The zero-order chi connectivity index (χ0) is 16.9. The van der Waals surface area contributed by atoms with Crippen LogP contribution >= 0.6 is 35.6 Å². The first-order valence-corrected chi connectivity index (χ1v) is 8.19. The molecule has 0 atom stereocenters. The Hall–Kier alpha value is -1.94. The van der Waals surface area contributed by atoms with E-state index in [4.69, 9.17) is 27.9 Å². The molecule has 0 unspecified atom stereocenters. The molecule has 3 aromatic rings. The number of nitrogens with zero attached hydrogens (tertiary/aromatic N) is 2. The Morgan fingerprint density at radius 1 is 1.16 bits per heavy atom. The zero-order valence-electron chi connectivity index (χ0n) is 13.4. The fourth-order valence-corrected chi connectivity index (χ4v) is 2.83. The molecule has 0 aliphatic carbocycles. The highest BCUT2D eigenvalue weighted by Crippen LogP contribution is 2.28. The molecule has 3 nitrogen and oxygen atoms in total. The maximum absolute atomic E-state index is 6.20. The van der Waals surface area contributed by atoms with Gasteiger partial charge < -0.3 is 9.30 Å². The first-order chi connectivity index (χ1) is 11.6. The molecule has 3 rings (SSSR count). The van der Waals surface area contributed by atoms with Crippen molar-refractivity contribution in [2.24, 2.45) is 0 Å². The van der Waals surface area contributed by atoms with Crippen molar-refractivity contribution in [2.75, 3.05) is 0 Å². The molecule has 6 heteroatoms. The first kappa shape index (κ1) is 19.4. The summed E-state index contributed by atoms with van der Waals surface area (Å²) in [5, 5.41) is 1.20. The minimum absolute atomic E-state index is 0. The third-order valence-corrected chi connectivity index (χ3v) is 4.19. The van der Waals surface area contributed by atoms with E-state index in [1.165, 1.54) is 0 Å². The number of allylic oxidation sites excluding steroid dienone is 1. The Kier molecular flexibility index (Phi) is 6.94. The van der Waals surface area contributed by atoms with Gasteiger partial charge in [-0.1, -0.05) is 54.0 Å². The van der Waals surface area contributed by atoms with E-state index in [2.05, 4.69) is 11.6 Å². The molecule has 0 aliphatic heterocycles. The maximum Gasteiger partial charge on any atom is 0.127 e. The lowest BCUT2D eigenvalue weighted by Crippen LogP contribution is -2.02. The molecule has 1 heterocycles. The third-order valence-electron chi connectivity index (χ3n) is 3.60. The van der Waals surface area contributed by atoms with Gasteiger partial charge in [0.05, 0.1) is 6.33 Å². The highest BCUT2D eigenvalue weighted by atomic mass is 35.5. The van der Waals surface area contributed by atoms with E-state index >= 15 is 0 Å². The lowest BCUT2D eigenvalue weighted by Gasteiger charge is -2.14. The second kappa shape index (κ2) is 8.95. The number of para-hydroxylation sites is 1. The summed E-state index contributed by atoms with van der Waals surface area (Å²) < 4.78 is 7.94. The van der Waals surface area contributed by atoms with Gasteiger partial charge in [0, 0.05) is 40.1 Å². The lowest BCUT2D eigenvalue weighted by molar-refractivity contribution is 0.305. The Morgan fingerprint density at radius 3 is 2.68 bits per heavy atom. The van der Waals surface area contributed by atoms with Crippen molar-refractivity contribution in [1.82, 2.24) is 9.55 Å². The van der Waals surface area contributed by atoms with Gasteiger partial charge in [-0.25, -0.2) is 4.98 Å². The summed E-state index contributed by atoms with van der Waals surface area (Å²) in [5.41, 5.74) is 2.80. The van der Waals surface area contributed by atoms with Crippen molar-refractivity contribution in [2.45, 2.75) is 13.2 Å². The highest BCUT2D eigenvalue weighted by molar-refractivity contribution is 6.35. The molecule has 0 fully saturated rings. The van der Waals surface area contributed by atoms with E-state index in [0.29, 0.717) is 23.2 Å². The number of hydrogen-bond acceptors (Lipinski definition) is 2. The van der Waals surface area contributed by atoms with E-state index in [-0.39, 0.29) is 12.4 Å². The van der Waals surface area contributed by atoms with E-state index < -0.39 is 0 Å². The first-order valence-electron chi connectivity index (χ1n) is 7.43. The highest BCUT2D eigenvalue weighted by Gasteiger charge is 2.09. The van der Waals surface area contributed by atoms with Crippen LogP contribution < -0.4 is 4.74 Å². The smallest absolute Gasteiger partial charge is 0.127 e. The SMILES string of the molecule is C=C(Cn1ccnc1)c1ccccc1OCc1ccc(Cl)cc1Cl.Cl. The van der Waals surface area contributed by atoms with Gasteiger partial charge in [0.1, 0.15) is 12.4 Å². The average Bonchev–Trinajstić information content (AvgIpc) is 3.07. The summed E-state index contributed by atoms with van der Waals surface area (Å²) in [6.45, 7) is 5.19. The summed E-state index contributed by atoms with van der Waals surface area (Å²) in [6, 6.07) is 13.2. The number of imidazole rings is 1. The van der Waals surface area contributed by atoms with E-state index in [1.807, 2.05) is 41.1 Å². The number of aromatic nitrogens is 2. The molecular weight excluding hydrogens is 379 g/mol. The quantitative estimate of drug-likeness (QED) is 0.519. The summed E-state index contributed by atoms with van der Waals surface area (Å²) in [6.07, 6.45) is 5.42. The molecule has 0 aliphatic rings. The largest absolute Gasteiger partial charge is 0.488 e. The Morgan fingerprint density at radius 2 is 1.96 bits per heavy atom. The van der Waals surface area contributed by atoms with Gasteiger partial charge in [0.25, 0.3) is 0 Å². The van der Waals surface area contributed by atoms with Crippen molar-refractivity contribution in [3.63, 3.8) is 0 Å². The minimum Gasteiger partial charge on any atom is -0.488 e. The average molecular weight is 396 g/mol. The van der Waals surface area contributed by atoms with Gasteiger partial charge in [0.15, 0.2) is 0 Å². The molecule has 0 bridgehead atoms. The van der Waals surface area contributed by atoms with Crippen LogP contribution in [-0.2, 0) is 13.2 Å². The summed E-state index contributed by atoms with van der Waals surface area (Å²) in [5.74, 6) is 0.772. The van der Waals surface area contributed by atoms with E-state index in [1.54, 1.807) is 24.7 Å². The van der Waals surface area contributed by atoms with Gasteiger partial charge in [-0.15, -0.1) is 12.4 Å².